The molecule has 0 saturated carbocycles. The molecule has 10 rings (SSSR count). The third kappa shape index (κ3) is 5.06. The van der Waals surface area contributed by atoms with Gasteiger partial charge in [0, 0.05) is 27.5 Å². The summed E-state index contributed by atoms with van der Waals surface area (Å²) < 4.78 is 7.01. The normalized spacial score (nSPS) is 11.7. The smallest absolute Gasteiger partial charge is 0.160 e. The van der Waals surface area contributed by atoms with E-state index in [1.807, 2.05) is 12.1 Å². The van der Waals surface area contributed by atoms with Crippen LogP contribution < -0.4 is 32.8 Å². The summed E-state index contributed by atoms with van der Waals surface area (Å²) in [5, 5.41) is 9.87. The Hall–Kier alpha value is -6.19. The average Bonchev–Trinajstić information content (AvgIpc) is 3.64. The lowest BCUT2D eigenvalue weighted by atomic mass is 9.67. The second-order valence-electron chi connectivity index (χ2n) is 15.1. The van der Waals surface area contributed by atoms with Crippen LogP contribution in [0.2, 0.25) is 0 Å². The summed E-state index contributed by atoms with van der Waals surface area (Å²) in [6.07, 6.45) is 0. The lowest BCUT2D eigenvalue weighted by Gasteiger charge is -2.18. The van der Waals surface area contributed by atoms with Crippen LogP contribution in [-0.4, -0.2) is 57.0 Å². The maximum atomic E-state index is 7.01. The van der Waals surface area contributed by atoms with Crippen molar-refractivity contribution in [2.24, 2.45) is 0 Å². The van der Waals surface area contributed by atoms with Crippen LogP contribution in [-0.2, 0) is 0 Å². The fourth-order valence-corrected chi connectivity index (χ4v) is 8.99. The second-order valence-corrected chi connectivity index (χ2v) is 15.1. The Kier molecular flexibility index (Phi) is 7.71. The van der Waals surface area contributed by atoms with Crippen molar-refractivity contribution in [2.45, 2.75) is 0 Å². The first-order valence-electron chi connectivity index (χ1n) is 19.1. The molecule has 0 aliphatic carbocycles. The van der Waals surface area contributed by atoms with Crippen LogP contribution in [0.4, 0.5) is 0 Å². The molecule has 3 nitrogen and oxygen atoms in total. The predicted molar refractivity (Wildman–Crippen MR) is 253 cm³/mol. The van der Waals surface area contributed by atoms with Crippen molar-refractivity contribution in [2.75, 3.05) is 0 Å². The van der Waals surface area contributed by atoms with Crippen molar-refractivity contribution in [1.82, 2.24) is 9.97 Å². The van der Waals surface area contributed by atoms with Gasteiger partial charge in [-0.15, -0.1) is 0 Å². The van der Waals surface area contributed by atoms with Crippen LogP contribution in [0, 0.1) is 0 Å². The molecule has 0 saturated heterocycles. The van der Waals surface area contributed by atoms with Gasteiger partial charge < -0.3 is 4.42 Å². The fourth-order valence-electron chi connectivity index (χ4n) is 8.99. The number of benzene rings is 8. The molecule has 0 bridgehead atoms. The lowest BCUT2D eigenvalue weighted by Crippen LogP contribution is -2.40. The molecule has 2 heterocycles. The van der Waals surface area contributed by atoms with E-state index in [2.05, 4.69) is 168 Å². The minimum absolute atomic E-state index is 0.705. The molecular formula is C46H34B6N2O. The molecule has 0 N–H and O–H groups in total. The molecule has 0 aliphatic heterocycles. The highest BCUT2D eigenvalue weighted by Crippen LogP contribution is 2.38. The van der Waals surface area contributed by atoms with Crippen LogP contribution in [0.3, 0.4) is 0 Å². The summed E-state index contributed by atoms with van der Waals surface area (Å²) in [4.78, 5) is 10.7. The number of nitrogens with zero attached hydrogens (tertiary/aromatic N) is 2. The minimum atomic E-state index is 0.705. The predicted octanol–water partition coefficient (Wildman–Crippen LogP) is 2.05. The number of aromatic nitrogens is 2. The van der Waals surface area contributed by atoms with Gasteiger partial charge in [0.2, 0.25) is 0 Å². The summed E-state index contributed by atoms with van der Waals surface area (Å²) in [6.45, 7) is 0. The van der Waals surface area contributed by atoms with E-state index in [4.69, 9.17) is 14.4 Å². The van der Waals surface area contributed by atoms with Gasteiger partial charge in [-0.25, -0.2) is 9.97 Å². The zero-order chi connectivity index (χ0) is 37.5. The van der Waals surface area contributed by atoms with Crippen molar-refractivity contribution >= 4 is 134 Å². The fraction of sp³-hybridized carbons (Fsp3) is 0. The van der Waals surface area contributed by atoms with Crippen molar-refractivity contribution in [1.29, 1.82) is 0 Å². The number of hydrogen-bond donors (Lipinski definition) is 0. The van der Waals surface area contributed by atoms with Crippen LogP contribution in [0.15, 0.2) is 138 Å². The Morgan fingerprint density at radius 2 is 0.800 bits per heavy atom. The molecule has 2 aromatic heterocycles. The van der Waals surface area contributed by atoms with Crippen molar-refractivity contribution in [3.8, 4) is 45.0 Å². The minimum Gasteiger partial charge on any atom is -0.457 e. The molecule has 0 radical (unpaired) electrons. The molecule has 10 aromatic rings. The van der Waals surface area contributed by atoms with Crippen molar-refractivity contribution in [3.63, 3.8) is 0 Å². The number of furan rings is 1. The quantitative estimate of drug-likeness (QED) is 0.209. The largest absolute Gasteiger partial charge is 0.457 e. The maximum absolute atomic E-state index is 7.01. The van der Waals surface area contributed by atoms with Gasteiger partial charge in [-0.3, -0.25) is 0 Å². The van der Waals surface area contributed by atoms with Crippen LogP contribution >= 0.6 is 0 Å². The Bertz CT molecular complexity index is 3130. The van der Waals surface area contributed by atoms with Gasteiger partial charge in [0.15, 0.2) is 5.82 Å². The van der Waals surface area contributed by atoms with E-state index >= 15 is 0 Å². The topological polar surface area (TPSA) is 38.9 Å². The van der Waals surface area contributed by atoms with E-state index < -0.39 is 0 Å². The van der Waals surface area contributed by atoms with Gasteiger partial charge in [-0.1, -0.05) is 154 Å². The Morgan fingerprint density at radius 3 is 1.36 bits per heavy atom. The zero-order valence-electron chi connectivity index (χ0n) is 32.0. The van der Waals surface area contributed by atoms with E-state index in [9.17, 15) is 0 Å². The first-order valence-corrected chi connectivity index (χ1v) is 19.1. The van der Waals surface area contributed by atoms with Crippen LogP contribution in [0.25, 0.3) is 99.3 Å². The molecule has 0 unspecified atom stereocenters. The summed E-state index contributed by atoms with van der Waals surface area (Å²) in [5.74, 6) is 0.705. The Labute approximate surface area is 325 Å². The molecule has 55 heavy (non-hydrogen) atoms. The number of fused-ring (bicyclic) bond motifs is 9. The first kappa shape index (κ1) is 33.4. The summed E-state index contributed by atoms with van der Waals surface area (Å²) >= 11 is 0. The first-order chi connectivity index (χ1) is 26.8. The van der Waals surface area contributed by atoms with Crippen LogP contribution in [0.1, 0.15) is 0 Å². The molecular weight excluding hydrogens is 661 g/mol. The van der Waals surface area contributed by atoms with Gasteiger partial charge in [-0.05, 0) is 55.6 Å². The summed E-state index contributed by atoms with van der Waals surface area (Å²) in [5.41, 5.74) is 16.3. The molecule has 0 amide bonds. The monoisotopic (exact) mass is 696 g/mol. The Morgan fingerprint density at radius 1 is 0.345 bits per heavy atom. The highest BCUT2D eigenvalue weighted by Gasteiger charge is 2.26. The van der Waals surface area contributed by atoms with Crippen molar-refractivity contribution in [3.05, 3.63) is 133 Å². The summed E-state index contributed by atoms with van der Waals surface area (Å²) in [6, 6.07) is 47.6. The molecule has 0 atom stereocenters. The average molecular weight is 696 g/mol. The van der Waals surface area contributed by atoms with Crippen LogP contribution in [0.5, 0.6) is 0 Å². The van der Waals surface area contributed by atoms with E-state index in [-0.39, 0.29) is 0 Å². The van der Waals surface area contributed by atoms with Gasteiger partial charge in [0.1, 0.15) is 58.2 Å². The number of hydrogen-bond acceptors (Lipinski definition) is 3. The molecule has 8 aromatic carbocycles. The van der Waals surface area contributed by atoms with E-state index in [0.29, 0.717) is 5.82 Å². The van der Waals surface area contributed by atoms with E-state index in [0.717, 1.165) is 60.9 Å². The number of rotatable bonds is 4. The van der Waals surface area contributed by atoms with Gasteiger partial charge in [0.05, 0.1) is 11.4 Å². The highest BCUT2D eigenvalue weighted by molar-refractivity contribution is 6.65. The molecule has 9 heteroatoms. The Balaban J connectivity index is 1.30. The van der Waals surface area contributed by atoms with E-state index in [1.54, 1.807) is 0 Å². The lowest BCUT2D eigenvalue weighted by molar-refractivity contribution is 0.675. The van der Waals surface area contributed by atoms with E-state index in [1.165, 1.54) is 65.3 Å². The molecule has 252 valence electrons. The van der Waals surface area contributed by atoms with Gasteiger partial charge in [0.25, 0.3) is 0 Å². The molecule has 0 fully saturated rings. The zero-order valence-corrected chi connectivity index (χ0v) is 32.0. The SMILES string of the molecule is Bc1c(-c2ccc3c4ccccc4c4ccccc4c3c2)c(B)c2c(oc3c(B)c(B)c(B)c(-c4nc(-c5ccccc5)cc(-c5ccccc5)n4)c32)c1B. The highest BCUT2D eigenvalue weighted by atomic mass is 16.3. The second kappa shape index (κ2) is 12.7. The summed E-state index contributed by atoms with van der Waals surface area (Å²) in [7, 11) is 13.3. The molecule has 0 aliphatic rings. The molecule has 0 spiro atoms. The maximum Gasteiger partial charge on any atom is 0.160 e. The van der Waals surface area contributed by atoms with Gasteiger partial charge >= 0.3 is 0 Å². The van der Waals surface area contributed by atoms with Gasteiger partial charge in [-0.2, -0.15) is 0 Å². The third-order valence-electron chi connectivity index (χ3n) is 12.1. The third-order valence-corrected chi connectivity index (χ3v) is 12.1. The van der Waals surface area contributed by atoms with Crippen molar-refractivity contribution < 1.29 is 4.42 Å². The standard InChI is InChI=1S/C46H34B6N2O/c47-38-34(25-19-20-30-28-17-8-7-15-26(28)27-16-9-10-18-29(27)31(30)21-25)39(48)42(51)45-36(38)35-37(40(49)41(50)43(52)44(35)55-45)46-53-32(23-11-3-1-4-12-23)22-33(54-46)24-13-5-2-6-14-24/h1-22H,47-52H2.